The molecule has 0 unspecified atom stereocenters. The molecule has 0 radical (unpaired) electrons. The van der Waals surface area contributed by atoms with E-state index in [-0.39, 0.29) is 26.2 Å². The van der Waals surface area contributed by atoms with Crippen molar-refractivity contribution in [1.29, 1.82) is 0 Å². The van der Waals surface area contributed by atoms with Gasteiger partial charge >= 0.3 is 0 Å². The minimum absolute atomic E-state index is 0. The van der Waals surface area contributed by atoms with Crippen LogP contribution in [0.4, 0.5) is 0 Å². The van der Waals surface area contributed by atoms with E-state index in [4.69, 9.17) is 10.2 Å². The number of hydrogen-bond donors (Lipinski definition) is 4. The van der Waals surface area contributed by atoms with Crippen molar-refractivity contribution in [3.8, 4) is 0 Å². The third-order valence-electron chi connectivity index (χ3n) is 7.60. The Balaban J connectivity index is 0.000000275. The monoisotopic (exact) mass is 762 g/mol. The molecule has 4 N–H and O–H groups in total. The van der Waals surface area contributed by atoms with Gasteiger partial charge in [-0.2, -0.15) is 0 Å². The van der Waals surface area contributed by atoms with E-state index in [0.717, 1.165) is 44.0 Å². The van der Waals surface area contributed by atoms with Crippen LogP contribution in [-0.4, -0.2) is 49.7 Å². The molecule has 0 bridgehead atoms. The fourth-order valence-corrected chi connectivity index (χ4v) is 11.1. The van der Waals surface area contributed by atoms with Crippen LogP contribution in [0.5, 0.6) is 0 Å². The Morgan fingerprint density at radius 1 is 0.327 bits per heavy atom. The normalized spacial score (nSPS) is 10.4. The van der Waals surface area contributed by atoms with Crippen molar-refractivity contribution in [2.75, 3.05) is 13.2 Å². The van der Waals surface area contributed by atoms with Gasteiger partial charge in [-0.25, -0.2) is 0 Å². The molecule has 0 amide bonds. The maximum absolute atomic E-state index is 11.6. The van der Waals surface area contributed by atoms with E-state index < -0.39 is 16.6 Å². The van der Waals surface area contributed by atoms with Gasteiger partial charge in [0.15, 0.2) is 0 Å². The molecule has 7 heteroatoms. The molecule has 49 heavy (non-hydrogen) atoms. The molecule has 6 rings (SSSR count). The van der Waals surface area contributed by atoms with Crippen LogP contribution in [0.1, 0.15) is 26.7 Å². The first kappa shape index (κ1) is 41.6. The van der Waals surface area contributed by atoms with Gasteiger partial charge in [-0.05, 0) is 44.0 Å². The van der Waals surface area contributed by atoms with Crippen LogP contribution < -0.4 is 31.1 Å². The van der Waals surface area contributed by atoms with Gasteiger partial charge in [0.05, 0.1) is 0 Å². The van der Waals surface area contributed by atoms with Gasteiger partial charge in [-0.1, -0.05) is 196 Å². The minimum atomic E-state index is -2.88. The van der Waals surface area contributed by atoms with Crippen molar-refractivity contribution in [2.45, 2.75) is 26.7 Å². The number of benzene rings is 6. The van der Waals surface area contributed by atoms with Gasteiger partial charge in [0.1, 0.15) is 0 Å². The Hall–Kier alpha value is -3.52. The van der Waals surface area contributed by atoms with Crippen molar-refractivity contribution in [2.24, 2.45) is 0 Å². The molecule has 0 saturated heterocycles. The third kappa shape index (κ3) is 11.8. The van der Waals surface area contributed by atoms with E-state index in [1.165, 1.54) is 0 Å². The van der Waals surface area contributed by atoms with E-state index in [1.54, 1.807) is 0 Å². The van der Waals surface area contributed by atoms with Crippen molar-refractivity contribution >= 4 is 47.8 Å². The second-order valence-electron chi connectivity index (χ2n) is 11.1. The second kappa shape index (κ2) is 23.0. The van der Waals surface area contributed by atoms with E-state index in [1.807, 2.05) is 196 Å². The summed E-state index contributed by atoms with van der Waals surface area (Å²) in [6.45, 7) is 4.50. The van der Waals surface area contributed by atoms with Crippen LogP contribution in [0.2, 0.25) is 0 Å². The molecule has 0 heterocycles. The van der Waals surface area contributed by atoms with Crippen LogP contribution >= 0.6 is 0 Å². The predicted molar refractivity (Wildman–Crippen MR) is 207 cm³/mol. The summed E-state index contributed by atoms with van der Waals surface area (Å²) in [5.41, 5.74) is 0. The van der Waals surface area contributed by atoms with Gasteiger partial charge in [-0.15, -0.1) is 0 Å². The number of aliphatic hydroxyl groups is 2. The van der Waals surface area contributed by atoms with Gasteiger partial charge in [0.2, 0.25) is 0 Å². The first-order valence-electron chi connectivity index (χ1n) is 16.5. The summed E-state index contributed by atoms with van der Waals surface area (Å²) >= 11 is 0. The maximum Gasteiger partial charge on any atom is 0.285 e. The first-order chi connectivity index (χ1) is 23.5. The molecule has 0 atom stereocenters. The third-order valence-corrected chi connectivity index (χ3v) is 14.6. The summed E-state index contributed by atoms with van der Waals surface area (Å²) in [5.74, 6) is 0. The summed E-state index contributed by atoms with van der Waals surface area (Å²) in [5, 5.41) is 21.8. The molecule has 0 spiro atoms. The van der Waals surface area contributed by atoms with Gasteiger partial charge in [0.25, 0.3) is 16.6 Å². The fourth-order valence-electron chi connectivity index (χ4n) is 5.08. The zero-order valence-corrected chi connectivity index (χ0v) is 32.9. The van der Waals surface area contributed by atoms with E-state index in [9.17, 15) is 9.59 Å². The van der Waals surface area contributed by atoms with Crippen LogP contribution in [0.3, 0.4) is 0 Å². The number of rotatable bonds is 8. The molecule has 0 aliphatic carbocycles. The Morgan fingerprint density at radius 3 is 0.551 bits per heavy atom. The second-order valence-corrected chi connectivity index (χ2v) is 17.4. The summed E-state index contributed by atoms with van der Waals surface area (Å²) in [7, 11) is -5.76. The first-order valence-corrected chi connectivity index (χ1v) is 20.4. The zero-order valence-electron chi connectivity index (χ0n) is 28.4. The van der Waals surface area contributed by atoms with Gasteiger partial charge in [-0.3, -0.25) is 0 Å². The Bertz CT molecular complexity index is 1340. The topological polar surface area (TPSA) is 80.9 Å². The standard InChI is InChI=1S/2C18H16OSi.2C3H8O.Zr/c2*19-20(16-10-4-1-5-11-16,17-12-6-2-7-13-17)18-14-8-3-9-15-18;2*1-2-3-4;/h2*1-15,19H;2*4H,2-3H2,1H3;. The maximum atomic E-state index is 11.6. The average molecular weight is 764 g/mol. The smallest absolute Gasteiger partial charge is 0.285 e. The molecule has 4 nitrogen and oxygen atoms in total. The number of aliphatic hydroxyl groups excluding tert-OH is 2. The average Bonchev–Trinajstić information content (AvgIpc) is 3.19. The molecule has 0 aliphatic heterocycles. The molecular weight excluding hydrogens is 716 g/mol. The Kier molecular flexibility index (Phi) is 19.5. The summed E-state index contributed by atoms with van der Waals surface area (Å²) in [6, 6.07) is 59.9. The molecule has 0 fully saturated rings. The van der Waals surface area contributed by atoms with Crippen LogP contribution in [0.15, 0.2) is 182 Å². The minimum Gasteiger partial charge on any atom is -0.421 e. The molecule has 252 valence electrons. The summed E-state index contributed by atoms with van der Waals surface area (Å²) in [4.78, 5) is 23.1. The van der Waals surface area contributed by atoms with Crippen molar-refractivity contribution < 1.29 is 46.0 Å². The largest absolute Gasteiger partial charge is 0.421 e. The van der Waals surface area contributed by atoms with Crippen LogP contribution in [0.25, 0.3) is 0 Å². The van der Waals surface area contributed by atoms with Crippen LogP contribution in [-0.2, 0) is 26.2 Å². The molecular formula is C42H48O4Si2Zr. The predicted octanol–water partition coefficient (Wildman–Crippen LogP) is 4.07. The Labute approximate surface area is 313 Å². The van der Waals surface area contributed by atoms with E-state index in [0.29, 0.717) is 13.2 Å². The van der Waals surface area contributed by atoms with Crippen molar-refractivity contribution in [1.82, 2.24) is 0 Å². The number of hydrogen-bond acceptors (Lipinski definition) is 4. The van der Waals surface area contributed by atoms with Crippen molar-refractivity contribution in [3.05, 3.63) is 182 Å². The van der Waals surface area contributed by atoms with Crippen LogP contribution in [0, 0.1) is 0 Å². The fraction of sp³-hybridized carbons (Fsp3) is 0.143. The Morgan fingerprint density at radius 2 is 0.449 bits per heavy atom. The quantitative estimate of drug-likeness (QED) is 0.139. The van der Waals surface area contributed by atoms with Gasteiger partial charge in [0, 0.05) is 39.4 Å². The summed E-state index contributed by atoms with van der Waals surface area (Å²) in [6.07, 6.45) is 1.75. The molecule has 0 aliphatic rings. The molecule has 6 aromatic carbocycles. The SMILES string of the molecule is CCCO.CCCO.O[Si](c1ccccc1)(c1ccccc1)c1ccccc1.O[Si](c1ccccc1)(c1ccccc1)c1ccccc1.[Zr]. The van der Waals surface area contributed by atoms with E-state index >= 15 is 0 Å². The van der Waals surface area contributed by atoms with Crippen molar-refractivity contribution in [3.63, 3.8) is 0 Å². The molecule has 0 saturated carbocycles. The molecule has 6 aromatic rings. The van der Waals surface area contributed by atoms with Gasteiger partial charge < -0.3 is 19.8 Å². The summed E-state index contributed by atoms with van der Waals surface area (Å²) < 4.78 is 0. The zero-order chi connectivity index (χ0) is 34.5. The van der Waals surface area contributed by atoms with E-state index in [2.05, 4.69) is 0 Å². The molecule has 0 aromatic heterocycles.